The van der Waals surface area contributed by atoms with E-state index in [1.165, 1.54) is 16.7 Å². The van der Waals surface area contributed by atoms with E-state index in [2.05, 4.69) is 5.32 Å². The van der Waals surface area contributed by atoms with Gasteiger partial charge in [-0.1, -0.05) is 24.0 Å². The van der Waals surface area contributed by atoms with Gasteiger partial charge in [0.05, 0.1) is 12.4 Å². The second kappa shape index (κ2) is 6.91. The molecule has 0 unspecified atom stereocenters. The molecular weight excluding hydrogens is 308 g/mol. The quantitative estimate of drug-likeness (QED) is 0.842. The van der Waals surface area contributed by atoms with Gasteiger partial charge in [-0.25, -0.2) is 0 Å². The number of benzene rings is 1. The molecule has 1 heterocycles. The van der Waals surface area contributed by atoms with Crippen molar-refractivity contribution in [3.63, 3.8) is 0 Å². The van der Waals surface area contributed by atoms with Crippen LogP contribution in [0.3, 0.4) is 0 Å². The number of amides is 2. The van der Waals surface area contributed by atoms with Crippen LogP contribution >= 0.6 is 24.0 Å². The maximum atomic E-state index is 11.9. The zero-order chi connectivity index (χ0) is 15.4. The van der Waals surface area contributed by atoms with Gasteiger partial charge in [0.2, 0.25) is 11.8 Å². The van der Waals surface area contributed by atoms with E-state index in [4.69, 9.17) is 17.0 Å². The molecule has 1 fully saturated rings. The third-order valence-corrected chi connectivity index (χ3v) is 4.53. The second-order valence-electron chi connectivity index (χ2n) is 4.54. The maximum absolute atomic E-state index is 11.9. The molecule has 1 aromatic carbocycles. The summed E-state index contributed by atoms with van der Waals surface area (Å²) in [6.07, 6.45) is 0.213. The normalized spacial score (nSPS) is 18.0. The Morgan fingerprint density at radius 1 is 1.43 bits per heavy atom. The number of hydrogen-bond acceptors (Lipinski definition) is 5. The van der Waals surface area contributed by atoms with Crippen LogP contribution in [-0.2, 0) is 9.59 Å². The minimum Gasteiger partial charge on any atom is -0.497 e. The first-order valence-electron chi connectivity index (χ1n) is 6.47. The van der Waals surface area contributed by atoms with E-state index in [9.17, 15) is 9.59 Å². The van der Waals surface area contributed by atoms with Crippen LogP contribution in [0.5, 0.6) is 5.75 Å². The molecule has 1 aliphatic heterocycles. The zero-order valence-corrected chi connectivity index (χ0v) is 13.4. The fourth-order valence-corrected chi connectivity index (χ4v) is 3.34. The van der Waals surface area contributed by atoms with Gasteiger partial charge in [0.15, 0.2) is 0 Å². The van der Waals surface area contributed by atoms with Crippen LogP contribution in [0.25, 0.3) is 0 Å². The molecule has 112 valence electrons. The summed E-state index contributed by atoms with van der Waals surface area (Å²) in [5.41, 5.74) is 0.693. The summed E-state index contributed by atoms with van der Waals surface area (Å²) in [5, 5.41) is 2.62. The van der Waals surface area contributed by atoms with Crippen LogP contribution in [0.2, 0.25) is 0 Å². The van der Waals surface area contributed by atoms with E-state index in [0.717, 1.165) is 5.75 Å². The van der Waals surface area contributed by atoms with E-state index in [1.54, 1.807) is 31.4 Å². The van der Waals surface area contributed by atoms with Crippen LogP contribution in [0.15, 0.2) is 24.3 Å². The Morgan fingerprint density at radius 3 is 2.62 bits per heavy atom. The monoisotopic (exact) mass is 324 g/mol. The van der Waals surface area contributed by atoms with Crippen molar-refractivity contribution in [3.05, 3.63) is 24.3 Å². The molecule has 21 heavy (non-hydrogen) atoms. The summed E-state index contributed by atoms with van der Waals surface area (Å²) in [6.45, 7) is 2.13. The fourth-order valence-electron chi connectivity index (χ4n) is 1.89. The number of rotatable bonds is 5. The average molecular weight is 324 g/mol. The van der Waals surface area contributed by atoms with Crippen LogP contribution in [-0.4, -0.2) is 39.9 Å². The number of hydrogen-bond donors (Lipinski definition) is 1. The fraction of sp³-hybridized carbons (Fsp3) is 0.357. The number of thiocarbonyl (C=S) groups is 1. The molecule has 0 aliphatic carbocycles. The van der Waals surface area contributed by atoms with Gasteiger partial charge in [0.25, 0.3) is 0 Å². The molecule has 0 bridgehead atoms. The predicted octanol–water partition coefficient (Wildman–Crippen LogP) is 2.27. The highest BCUT2D eigenvalue weighted by Crippen LogP contribution is 2.26. The van der Waals surface area contributed by atoms with E-state index in [-0.39, 0.29) is 23.5 Å². The molecule has 2 amide bonds. The van der Waals surface area contributed by atoms with Crippen LogP contribution in [0.1, 0.15) is 13.3 Å². The Kier molecular flexibility index (Phi) is 5.19. The highest BCUT2D eigenvalue weighted by molar-refractivity contribution is 8.24. The molecule has 7 heteroatoms. The topological polar surface area (TPSA) is 58.6 Å². The molecular formula is C14H16N2O3S2. The summed E-state index contributed by atoms with van der Waals surface area (Å²) >= 11 is 6.49. The number of carbonyl (C=O) groups is 2. The molecule has 1 aromatic rings. The SMILES string of the molecule is COc1ccc(NC(=O)CCN2C(=O)[C@@H](C)SC2=S)cc1. The Morgan fingerprint density at radius 2 is 2.10 bits per heavy atom. The summed E-state index contributed by atoms with van der Waals surface area (Å²) in [5.74, 6) is 0.551. The van der Waals surface area contributed by atoms with E-state index >= 15 is 0 Å². The van der Waals surface area contributed by atoms with Gasteiger partial charge in [-0.3, -0.25) is 14.5 Å². The number of nitrogens with one attached hydrogen (secondary N) is 1. The smallest absolute Gasteiger partial charge is 0.241 e. The third-order valence-electron chi connectivity index (χ3n) is 3.05. The molecule has 0 aromatic heterocycles. The lowest BCUT2D eigenvalue weighted by atomic mass is 10.3. The van der Waals surface area contributed by atoms with Crippen molar-refractivity contribution in [3.8, 4) is 5.75 Å². The number of nitrogens with zero attached hydrogens (tertiary/aromatic N) is 1. The zero-order valence-electron chi connectivity index (χ0n) is 11.8. The molecule has 1 atom stereocenters. The first-order chi connectivity index (χ1) is 10.0. The molecule has 0 spiro atoms. The number of anilines is 1. The number of thioether (sulfide) groups is 1. The molecule has 0 radical (unpaired) electrons. The highest BCUT2D eigenvalue weighted by atomic mass is 32.2. The van der Waals surface area contributed by atoms with Gasteiger partial charge >= 0.3 is 0 Å². The molecule has 2 rings (SSSR count). The molecule has 0 saturated carbocycles. The number of ether oxygens (including phenoxy) is 1. The van der Waals surface area contributed by atoms with Gasteiger partial charge in [-0.2, -0.15) is 0 Å². The van der Waals surface area contributed by atoms with E-state index in [1.807, 2.05) is 6.92 Å². The molecule has 5 nitrogen and oxygen atoms in total. The van der Waals surface area contributed by atoms with Crippen LogP contribution < -0.4 is 10.1 Å². The summed E-state index contributed by atoms with van der Waals surface area (Å²) in [7, 11) is 1.59. The third kappa shape index (κ3) is 3.95. The molecule has 1 aliphatic rings. The lowest BCUT2D eigenvalue weighted by Crippen LogP contribution is -2.33. The van der Waals surface area contributed by atoms with Crippen molar-refractivity contribution < 1.29 is 14.3 Å². The summed E-state index contributed by atoms with van der Waals surface area (Å²) < 4.78 is 5.60. The molecule has 1 N–H and O–H groups in total. The number of carbonyl (C=O) groups excluding carboxylic acids is 2. The minimum atomic E-state index is -0.152. The minimum absolute atomic E-state index is 0.0257. The largest absolute Gasteiger partial charge is 0.497 e. The Hall–Kier alpha value is -1.60. The number of methoxy groups -OCH3 is 1. The Bertz CT molecular complexity index is 560. The standard InChI is InChI=1S/C14H16N2O3S2/c1-9-13(18)16(14(20)21-9)8-7-12(17)15-10-3-5-11(19-2)6-4-10/h3-6,9H,7-8H2,1-2H3,(H,15,17)/t9-/m1/s1. The van der Waals surface area contributed by atoms with Gasteiger partial charge < -0.3 is 10.1 Å². The Labute approximate surface area is 133 Å². The van der Waals surface area contributed by atoms with Gasteiger partial charge in [0, 0.05) is 18.7 Å². The van der Waals surface area contributed by atoms with Gasteiger partial charge in [-0.15, -0.1) is 0 Å². The van der Waals surface area contributed by atoms with Gasteiger partial charge in [0.1, 0.15) is 10.1 Å². The lowest BCUT2D eigenvalue weighted by Gasteiger charge is -2.14. The summed E-state index contributed by atoms with van der Waals surface area (Å²) in [6, 6.07) is 7.07. The van der Waals surface area contributed by atoms with E-state index < -0.39 is 0 Å². The highest BCUT2D eigenvalue weighted by Gasteiger charge is 2.33. The van der Waals surface area contributed by atoms with Crippen LogP contribution in [0, 0.1) is 0 Å². The summed E-state index contributed by atoms with van der Waals surface area (Å²) in [4.78, 5) is 25.2. The lowest BCUT2D eigenvalue weighted by molar-refractivity contribution is -0.126. The van der Waals surface area contributed by atoms with Crippen molar-refractivity contribution in [2.75, 3.05) is 19.0 Å². The van der Waals surface area contributed by atoms with Crippen molar-refractivity contribution in [1.82, 2.24) is 4.90 Å². The van der Waals surface area contributed by atoms with Crippen molar-refractivity contribution in [2.24, 2.45) is 0 Å². The second-order valence-corrected chi connectivity index (χ2v) is 6.52. The van der Waals surface area contributed by atoms with Crippen molar-refractivity contribution in [2.45, 2.75) is 18.6 Å². The van der Waals surface area contributed by atoms with E-state index in [0.29, 0.717) is 16.6 Å². The van der Waals surface area contributed by atoms with Crippen molar-refractivity contribution >= 4 is 45.8 Å². The first-order valence-corrected chi connectivity index (χ1v) is 7.76. The first kappa shape index (κ1) is 15.8. The maximum Gasteiger partial charge on any atom is 0.241 e. The molecule has 1 saturated heterocycles. The Balaban J connectivity index is 1.84. The predicted molar refractivity (Wildman–Crippen MR) is 87.6 cm³/mol. The van der Waals surface area contributed by atoms with Crippen molar-refractivity contribution in [1.29, 1.82) is 0 Å². The van der Waals surface area contributed by atoms with Crippen LogP contribution in [0.4, 0.5) is 5.69 Å². The average Bonchev–Trinajstić information content (AvgIpc) is 2.71. The van der Waals surface area contributed by atoms with Gasteiger partial charge in [-0.05, 0) is 31.2 Å².